The largest absolute Gasteiger partial charge is 0.444 e. The Balaban J connectivity index is 3.43. The second-order valence-corrected chi connectivity index (χ2v) is 4.89. The number of hydrogen-bond donors (Lipinski definition) is 2. The Morgan fingerprint density at radius 3 is 2.28 bits per heavy atom. The zero-order chi connectivity index (χ0) is 14.0. The minimum absolute atomic E-state index is 0.233. The van der Waals surface area contributed by atoms with Crippen LogP contribution in [0.15, 0.2) is 0 Å². The van der Waals surface area contributed by atoms with Gasteiger partial charge in [-0.1, -0.05) is 0 Å². The third-order valence-corrected chi connectivity index (χ3v) is 2.04. The van der Waals surface area contributed by atoms with Gasteiger partial charge in [-0.05, 0) is 33.7 Å². The van der Waals surface area contributed by atoms with Crippen LogP contribution in [0.3, 0.4) is 0 Å². The highest BCUT2D eigenvalue weighted by Gasteiger charge is 2.15. The quantitative estimate of drug-likeness (QED) is 0.506. The van der Waals surface area contributed by atoms with Crippen molar-refractivity contribution >= 4 is 6.09 Å². The highest BCUT2D eigenvalue weighted by Crippen LogP contribution is 2.06. The molecule has 0 radical (unpaired) electrons. The number of hydrogen-bond acceptors (Lipinski definition) is 5. The fraction of sp³-hybridized carbons (Fsp3) is 0.917. The van der Waals surface area contributed by atoms with Gasteiger partial charge in [-0.25, -0.2) is 4.79 Å². The summed E-state index contributed by atoms with van der Waals surface area (Å²) in [5.74, 6) is 0. The van der Waals surface area contributed by atoms with Gasteiger partial charge in [0.15, 0.2) is 6.29 Å². The van der Waals surface area contributed by atoms with Gasteiger partial charge in [0.05, 0.1) is 0 Å². The number of nitrogens with one attached hydrogen (secondary N) is 2. The lowest BCUT2D eigenvalue weighted by Gasteiger charge is -2.19. The SMILES string of the molecule is COC(CNCCCNC(=O)OC(C)(C)C)OC. The number of carbonyl (C=O) groups is 1. The Morgan fingerprint density at radius 2 is 1.78 bits per heavy atom. The van der Waals surface area contributed by atoms with Crippen LogP contribution < -0.4 is 10.6 Å². The van der Waals surface area contributed by atoms with Crippen LogP contribution in [0.4, 0.5) is 4.79 Å². The molecule has 0 spiro atoms. The number of ether oxygens (including phenoxy) is 3. The van der Waals surface area contributed by atoms with Crippen LogP contribution in [0.5, 0.6) is 0 Å². The summed E-state index contributed by atoms with van der Waals surface area (Å²) < 4.78 is 15.2. The van der Waals surface area contributed by atoms with E-state index in [-0.39, 0.29) is 12.4 Å². The van der Waals surface area contributed by atoms with Crippen LogP contribution in [-0.2, 0) is 14.2 Å². The molecular weight excluding hydrogens is 236 g/mol. The third-order valence-electron chi connectivity index (χ3n) is 2.04. The highest BCUT2D eigenvalue weighted by molar-refractivity contribution is 5.67. The van der Waals surface area contributed by atoms with Gasteiger partial charge in [-0.3, -0.25) is 0 Å². The highest BCUT2D eigenvalue weighted by atomic mass is 16.7. The molecule has 0 heterocycles. The molecule has 0 bridgehead atoms. The first-order chi connectivity index (χ1) is 8.39. The lowest BCUT2D eigenvalue weighted by atomic mass is 10.2. The predicted molar refractivity (Wildman–Crippen MR) is 69.5 cm³/mol. The fourth-order valence-electron chi connectivity index (χ4n) is 1.20. The van der Waals surface area contributed by atoms with E-state index in [4.69, 9.17) is 14.2 Å². The summed E-state index contributed by atoms with van der Waals surface area (Å²) in [5, 5.41) is 5.86. The third kappa shape index (κ3) is 10.3. The van der Waals surface area contributed by atoms with Crippen molar-refractivity contribution in [3.05, 3.63) is 0 Å². The molecule has 1 amide bonds. The van der Waals surface area contributed by atoms with E-state index in [9.17, 15) is 4.79 Å². The number of alkyl carbamates (subject to hydrolysis) is 1. The van der Waals surface area contributed by atoms with E-state index in [0.29, 0.717) is 13.1 Å². The van der Waals surface area contributed by atoms with Crippen LogP contribution in [0.2, 0.25) is 0 Å². The van der Waals surface area contributed by atoms with Gasteiger partial charge in [0.1, 0.15) is 5.60 Å². The summed E-state index contributed by atoms with van der Waals surface area (Å²) in [6.07, 6.45) is 0.206. The molecular formula is C12H26N2O4. The predicted octanol–water partition coefficient (Wildman–Crippen LogP) is 1.11. The second kappa shape index (κ2) is 9.13. The van der Waals surface area contributed by atoms with Crippen LogP contribution in [0, 0.1) is 0 Å². The second-order valence-electron chi connectivity index (χ2n) is 4.89. The van der Waals surface area contributed by atoms with Crippen LogP contribution in [-0.4, -0.2) is 51.8 Å². The number of methoxy groups -OCH3 is 2. The Kier molecular flexibility index (Phi) is 8.70. The van der Waals surface area contributed by atoms with E-state index in [1.807, 2.05) is 20.8 Å². The summed E-state index contributed by atoms with van der Waals surface area (Å²) in [4.78, 5) is 11.3. The molecule has 0 saturated carbocycles. The summed E-state index contributed by atoms with van der Waals surface area (Å²) in [7, 11) is 3.19. The molecule has 0 aromatic carbocycles. The van der Waals surface area contributed by atoms with Crippen molar-refractivity contribution in [2.24, 2.45) is 0 Å². The fourth-order valence-corrected chi connectivity index (χ4v) is 1.20. The standard InChI is InChI=1S/C12H26N2O4/c1-12(2,3)18-11(15)14-8-6-7-13-9-10(16-4)17-5/h10,13H,6-9H2,1-5H3,(H,14,15). The molecule has 0 rings (SSSR count). The summed E-state index contributed by atoms with van der Waals surface area (Å²) >= 11 is 0. The van der Waals surface area contributed by atoms with E-state index < -0.39 is 5.60 Å². The maximum atomic E-state index is 11.3. The molecule has 0 aliphatic carbocycles. The van der Waals surface area contributed by atoms with Gasteiger partial charge in [-0.2, -0.15) is 0 Å². The molecule has 18 heavy (non-hydrogen) atoms. The average Bonchev–Trinajstić information content (AvgIpc) is 2.26. The zero-order valence-electron chi connectivity index (χ0n) is 12.0. The maximum absolute atomic E-state index is 11.3. The number of rotatable bonds is 8. The Morgan fingerprint density at radius 1 is 1.17 bits per heavy atom. The average molecular weight is 262 g/mol. The smallest absolute Gasteiger partial charge is 0.407 e. The lowest BCUT2D eigenvalue weighted by Crippen LogP contribution is -2.35. The maximum Gasteiger partial charge on any atom is 0.407 e. The first kappa shape index (κ1) is 17.2. The summed E-state index contributed by atoms with van der Waals surface area (Å²) in [6, 6.07) is 0. The number of carbonyl (C=O) groups excluding carboxylic acids is 1. The van der Waals surface area contributed by atoms with Crippen molar-refractivity contribution < 1.29 is 19.0 Å². The Bertz CT molecular complexity index is 225. The number of amides is 1. The summed E-state index contributed by atoms with van der Waals surface area (Å²) in [6.45, 7) is 7.49. The Labute approximate surface area is 109 Å². The van der Waals surface area contributed by atoms with Crippen LogP contribution in [0.1, 0.15) is 27.2 Å². The molecule has 6 nitrogen and oxygen atoms in total. The minimum Gasteiger partial charge on any atom is -0.444 e. The van der Waals surface area contributed by atoms with Crippen molar-refractivity contribution in [2.75, 3.05) is 33.9 Å². The molecule has 0 aromatic heterocycles. The van der Waals surface area contributed by atoms with Crippen molar-refractivity contribution in [1.29, 1.82) is 0 Å². The van der Waals surface area contributed by atoms with Crippen LogP contribution in [0.25, 0.3) is 0 Å². The molecule has 0 aliphatic heterocycles. The molecule has 2 N–H and O–H groups in total. The summed E-state index contributed by atoms with van der Waals surface area (Å²) in [5.41, 5.74) is -0.452. The molecule has 0 atom stereocenters. The molecule has 6 heteroatoms. The monoisotopic (exact) mass is 262 g/mol. The van der Waals surface area contributed by atoms with Gasteiger partial charge in [0.2, 0.25) is 0 Å². The van der Waals surface area contributed by atoms with Crippen molar-refractivity contribution in [3.8, 4) is 0 Å². The van der Waals surface area contributed by atoms with Gasteiger partial charge in [0, 0.05) is 27.3 Å². The van der Waals surface area contributed by atoms with Crippen molar-refractivity contribution in [2.45, 2.75) is 39.1 Å². The normalized spacial score (nSPS) is 11.7. The first-order valence-electron chi connectivity index (χ1n) is 6.12. The van der Waals surface area contributed by atoms with E-state index in [0.717, 1.165) is 13.0 Å². The van der Waals surface area contributed by atoms with E-state index in [1.165, 1.54) is 0 Å². The lowest BCUT2D eigenvalue weighted by molar-refractivity contribution is -0.0986. The van der Waals surface area contributed by atoms with Crippen molar-refractivity contribution in [3.63, 3.8) is 0 Å². The van der Waals surface area contributed by atoms with Gasteiger partial charge < -0.3 is 24.8 Å². The molecule has 0 aliphatic rings. The van der Waals surface area contributed by atoms with Crippen molar-refractivity contribution in [1.82, 2.24) is 10.6 Å². The van der Waals surface area contributed by atoms with Gasteiger partial charge >= 0.3 is 6.09 Å². The van der Waals surface area contributed by atoms with Gasteiger partial charge in [0.25, 0.3) is 0 Å². The van der Waals surface area contributed by atoms with E-state index in [2.05, 4.69) is 10.6 Å². The van der Waals surface area contributed by atoms with Gasteiger partial charge in [-0.15, -0.1) is 0 Å². The molecule has 0 aromatic rings. The van der Waals surface area contributed by atoms with Crippen LogP contribution >= 0.6 is 0 Å². The molecule has 0 saturated heterocycles. The van der Waals surface area contributed by atoms with E-state index in [1.54, 1.807) is 14.2 Å². The topological polar surface area (TPSA) is 68.8 Å². The molecule has 0 fully saturated rings. The zero-order valence-corrected chi connectivity index (χ0v) is 12.0. The molecule has 108 valence electrons. The minimum atomic E-state index is -0.452. The Hall–Kier alpha value is -0.850. The molecule has 0 unspecified atom stereocenters. The van der Waals surface area contributed by atoms with E-state index >= 15 is 0 Å². The first-order valence-corrected chi connectivity index (χ1v) is 6.12.